The number of nitrogens with zero attached hydrogens (tertiary/aromatic N) is 2. The van der Waals surface area contributed by atoms with Crippen molar-refractivity contribution in [2.45, 2.75) is 32.1 Å². The van der Waals surface area contributed by atoms with Crippen LogP contribution >= 0.6 is 0 Å². The van der Waals surface area contributed by atoms with Crippen molar-refractivity contribution in [3.05, 3.63) is 65.2 Å². The number of carbonyl (C=O) groups excluding carboxylic acids is 1. The van der Waals surface area contributed by atoms with Gasteiger partial charge in [-0.05, 0) is 55.9 Å². The lowest BCUT2D eigenvalue weighted by Gasteiger charge is -2.29. The van der Waals surface area contributed by atoms with Gasteiger partial charge in [0.05, 0.1) is 7.11 Å². The summed E-state index contributed by atoms with van der Waals surface area (Å²) in [5.74, 6) is 0.315. The maximum absolute atomic E-state index is 12.5. The maximum atomic E-state index is 12.5. The van der Waals surface area contributed by atoms with Crippen LogP contribution in [-0.4, -0.2) is 32.7 Å². The molecule has 1 heterocycles. The molecule has 0 radical (unpaired) electrons. The number of hydrogen-bond acceptors (Lipinski definition) is 4. The molecule has 5 nitrogen and oxygen atoms in total. The minimum Gasteiger partial charge on any atom is -0.496 e. The molecule has 1 amide bonds. The van der Waals surface area contributed by atoms with Crippen LogP contribution in [0.5, 0.6) is 5.75 Å². The van der Waals surface area contributed by atoms with Crippen molar-refractivity contribution in [2.75, 3.05) is 31.6 Å². The van der Waals surface area contributed by atoms with Gasteiger partial charge in [-0.3, -0.25) is 4.79 Å². The van der Waals surface area contributed by atoms with Gasteiger partial charge < -0.3 is 15.0 Å². The van der Waals surface area contributed by atoms with E-state index < -0.39 is 0 Å². The number of aryl methyl sites for hydroxylation is 1. The van der Waals surface area contributed by atoms with E-state index in [-0.39, 0.29) is 11.5 Å². The van der Waals surface area contributed by atoms with Crippen molar-refractivity contribution in [2.24, 2.45) is 0 Å². The highest BCUT2D eigenvalue weighted by Crippen LogP contribution is 2.29. The minimum absolute atomic E-state index is 0.0822. The summed E-state index contributed by atoms with van der Waals surface area (Å²) in [4.78, 5) is 14.8. The Hall–Kier alpha value is -3.26. The molecular formula is C25H29N3O2. The van der Waals surface area contributed by atoms with Crippen molar-refractivity contribution in [1.29, 1.82) is 5.26 Å². The Morgan fingerprint density at radius 2 is 1.93 bits per heavy atom. The SMILES string of the molecule is COc1cc(N2CCCCC2)ccc1/C=C(/C#N)C(=O)NCCCc1ccccc1. The van der Waals surface area contributed by atoms with Gasteiger partial charge in [0, 0.05) is 37.0 Å². The van der Waals surface area contributed by atoms with Gasteiger partial charge in [0.1, 0.15) is 17.4 Å². The number of carbonyl (C=O) groups is 1. The quantitative estimate of drug-likeness (QED) is 0.404. The highest BCUT2D eigenvalue weighted by molar-refractivity contribution is 6.02. The smallest absolute Gasteiger partial charge is 0.261 e. The van der Waals surface area contributed by atoms with Crippen LogP contribution in [0.2, 0.25) is 0 Å². The first-order chi connectivity index (χ1) is 14.7. The number of benzene rings is 2. The van der Waals surface area contributed by atoms with E-state index in [1.807, 2.05) is 42.5 Å². The number of methoxy groups -OCH3 is 1. The van der Waals surface area contributed by atoms with Crippen LogP contribution in [0.3, 0.4) is 0 Å². The van der Waals surface area contributed by atoms with E-state index in [0.717, 1.165) is 37.2 Å². The molecule has 1 saturated heterocycles. The predicted octanol–water partition coefficient (Wildman–Crippen LogP) is 4.34. The molecule has 1 aliphatic heterocycles. The molecule has 2 aromatic rings. The number of nitriles is 1. The summed E-state index contributed by atoms with van der Waals surface area (Å²) >= 11 is 0. The summed E-state index contributed by atoms with van der Waals surface area (Å²) in [7, 11) is 1.61. The lowest BCUT2D eigenvalue weighted by atomic mass is 10.1. The number of amides is 1. The summed E-state index contributed by atoms with van der Waals surface area (Å²) in [6, 6.07) is 18.1. The summed E-state index contributed by atoms with van der Waals surface area (Å²) in [5.41, 5.74) is 3.17. The van der Waals surface area contributed by atoms with Crippen LogP contribution in [0.1, 0.15) is 36.8 Å². The monoisotopic (exact) mass is 403 g/mol. The third-order valence-corrected chi connectivity index (χ3v) is 5.37. The van der Waals surface area contributed by atoms with Gasteiger partial charge in [0.25, 0.3) is 5.91 Å². The van der Waals surface area contributed by atoms with Crippen LogP contribution in [0.25, 0.3) is 6.08 Å². The average molecular weight is 404 g/mol. The number of hydrogen-bond donors (Lipinski definition) is 1. The third kappa shape index (κ3) is 5.87. The van der Waals surface area contributed by atoms with Crippen molar-refractivity contribution in [1.82, 2.24) is 5.32 Å². The molecule has 0 unspecified atom stereocenters. The largest absolute Gasteiger partial charge is 0.496 e. The molecule has 0 aromatic heterocycles. The molecule has 1 aliphatic rings. The summed E-state index contributed by atoms with van der Waals surface area (Å²) in [5, 5.41) is 12.3. The van der Waals surface area contributed by atoms with E-state index >= 15 is 0 Å². The number of rotatable bonds is 8. The first kappa shape index (κ1) is 21.4. The zero-order valence-electron chi connectivity index (χ0n) is 17.6. The van der Waals surface area contributed by atoms with E-state index in [4.69, 9.17) is 4.74 Å². The number of ether oxygens (including phenoxy) is 1. The standard InChI is InChI=1S/C25H29N3O2/c1-30-24-18-23(28-15-6-3-7-16-28)13-12-21(24)17-22(19-26)25(29)27-14-8-11-20-9-4-2-5-10-20/h2,4-5,9-10,12-13,17-18H,3,6-8,11,14-16H2,1H3,(H,27,29)/b22-17-. The molecule has 5 heteroatoms. The second kappa shape index (κ2) is 11.1. The molecule has 1 fully saturated rings. The van der Waals surface area contributed by atoms with E-state index in [2.05, 4.69) is 22.3 Å². The highest BCUT2D eigenvalue weighted by Gasteiger charge is 2.14. The minimum atomic E-state index is -0.354. The average Bonchev–Trinajstić information content (AvgIpc) is 2.81. The van der Waals surface area contributed by atoms with Crippen molar-refractivity contribution < 1.29 is 9.53 Å². The summed E-state index contributed by atoms with van der Waals surface area (Å²) in [6.07, 6.45) is 6.99. The van der Waals surface area contributed by atoms with E-state index in [1.165, 1.54) is 24.8 Å². The lowest BCUT2D eigenvalue weighted by molar-refractivity contribution is -0.117. The maximum Gasteiger partial charge on any atom is 0.261 e. The fourth-order valence-corrected chi connectivity index (χ4v) is 3.71. The van der Waals surface area contributed by atoms with Crippen LogP contribution in [0.4, 0.5) is 5.69 Å². The fourth-order valence-electron chi connectivity index (χ4n) is 3.71. The molecule has 0 spiro atoms. The fraction of sp³-hybridized carbons (Fsp3) is 0.360. The zero-order chi connectivity index (χ0) is 21.2. The normalized spacial score (nSPS) is 14.1. The first-order valence-electron chi connectivity index (χ1n) is 10.6. The van der Waals surface area contributed by atoms with Gasteiger partial charge in [0.2, 0.25) is 0 Å². The van der Waals surface area contributed by atoms with Gasteiger partial charge in [-0.15, -0.1) is 0 Å². The molecule has 2 aromatic carbocycles. The molecular weight excluding hydrogens is 374 g/mol. The zero-order valence-corrected chi connectivity index (χ0v) is 17.6. The molecule has 30 heavy (non-hydrogen) atoms. The second-order valence-corrected chi connectivity index (χ2v) is 7.49. The van der Waals surface area contributed by atoms with Crippen LogP contribution in [0, 0.1) is 11.3 Å². The van der Waals surface area contributed by atoms with Crippen LogP contribution < -0.4 is 15.0 Å². The Morgan fingerprint density at radius 3 is 2.63 bits per heavy atom. The van der Waals surface area contributed by atoms with Crippen molar-refractivity contribution >= 4 is 17.7 Å². The highest BCUT2D eigenvalue weighted by atomic mass is 16.5. The van der Waals surface area contributed by atoms with Crippen molar-refractivity contribution in [3.63, 3.8) is 0 Å². The summed E-state index contributed by atoms with van der Waals surface area (Å²) < 4.78 is 5.54. The van der Waals surface area contributed by atoms with E-state index in [1.54, 1.807) is 13.2 Å². The van der Waals surface area contributed by atoms with Gasteiger partial charge in [-0.1, -0.05) is 30.3 Å². The predicted molar refractivity (Wildman–Crippen MR) is 120 cm³/mol. The molecule has 1 N–H and O–H groups in total. The Labute approximate surface area is 179 Å². The second-order valence-electron chi connectivity index (χ2n) is 7.49. The molecule has 0 bridgehead atoms. The molecule has 3 rings (SSSR count). The van der Waals surface area contributed by atoms with Gasteiger partial charge in [-0.2, -0.15) is 5.26 Å². The molecule has 156 valence electrons. The Bertz CT molecular complexity index is 910. The molecule has 0 aliphatic carbocycles. The van der Waals surface area contributed by atoms with Gasteiger partial charge in [-0.25, -0.2) is 0 Å². The van der Waals surface area contributed by atoms with Gasteiger partial charge in [0.15, 0.2) is 0 Å². The van der Waals surface area contributed by atoms with Gasteiger partial charge >= 0.3 is 0 Å². The Kier molecular flexibility index (Phi) is 7.91. The number of anilines is 1. The summed E-state index contributed by atoms with van der Waals surface area (Å²) in [6.45, 7) is 2.62. The van der Waals surface area contributed by atoms with E-state index in [0.29, 0.717) is 12.3 Å². The lowest BCUT2D eigenvalue weighted by Crippen LogP contribution is -2.29. The molecule has 0 saturated carbocycles. The number of piperidine rings is 1. The number of nitrogens with one attached hydrogen (secondary N) is 1. The van der Waals surface area contributed by atoms with E-state index in [9.17, 15) is 10.1 Å². The Morgan fingerprint density at radius 1 is 1.17 bits per heavy atom. The van der Waals surface area contributed by atoms with Crippen molar-refractivity contribution in [3.8, 4) is 11.8 Å². The first-order valence-corrected chi connectivity index (χ1v) is 10.6. The Balaban J connectivity index is 1.62. The third-order valence-electron chi connectivity index (χ3n) is 5.37. The van der Waals surface area contributed by atoms with Crippen LogP contribution in [0.15, 0.2) is 54.1 Å². The van der Waals surface area contributed by atoms with Crippen LogP contribution in [-0.2, 0) is 11.2 Å². The topological polar surface area (TPSA) is 65.4 Å². The molecule has 0 atom stereocenters.